The van der Waals surface area contributed by atoms with Crippen LogP contribution in [0.15, 0.2) is 18.2 Å². The Morgan fingerprint density at radius 2 is 2.12 bits per heavy atom. The normalized spacial score (nSPS) is 13.1. The highest BCUT2D eigenvalue weighted by atomic mass is 127. The van der Waals surface area contributed by atoms with E-state index in [2.05, 4.69) is 27.9 Å². The van der Waals surface area contributed by atoms with Gasteiger partial charge in [-0.15, -0.1) is 0 Å². The van der Waals surface area contributed by atoms with Gasteiger partial charge in [-0.25, -0.2) is 4.39 Å². The minimum absolute atomic E-state index is 0.106. The molecule has 1 atom stereocenters. The predicted molar refractivity (Wildman–Crippen MR) is 72.0 cm³/mol. The summed E-state index contributed by atoms with van der Waals surface area (Å²) >= 11 is 2.15. The van der Waals surface area contributed by atoms with Gasteiger partial charge in [-0.1, -0.05) is 6.07 Å². The molecule has 1 N–H and O–H groups in total. The number of benzene rings is 1. The first-order valence-corrected chi connectivity index (χ1v) is 6.36. The molecule has 0 saturated carbocycles. The Balaban J connectivity index is 2.78. The van der Waals surface area contributed by atoms with Crippen molar-refractivity contribution >= 4 is 22.6 Å². The number of likely N-dealkylation sites (N-methyl/N-ethyl adjacent to an activating group) is 1. The van der Waals surface area contributed by atoms with Crippen molar-refractivity contribution in [2.24, 2.45) is 0 Å². The maximum Gasteiger partial charge on any atom is 0.124 e. The maximum absolute atomic E-state index is 13.0. The molecule has 0 heterocycles. The highest BCUT2D eigenvalue weighted by Gasteiger charge is 2.13. The third-order valence-electron chi connectivity index (χ3n) is 2.28. The third kappa shape index (κ3) is 3.99. The van der Waals surface area contributed by atoms with E-state index in [-0.39, 0.29) is 18.0 Å². The number of ether oxygens (including phenoxy) is 1. The second kappa shape index (κ2) is 6.51. The molecular weight excluding hydrogens is 320 g/mol. The first-order chi connectivity index (χ1) is 7.54. The minimum Gasteiger partial charge on any atom is -0.377 e. The molecule has 2 nitrogen and oxygen atoms in total. The Morgan fingerprint density at radius 3 is 2.62 bits per heavy atom. The highest BCUT2D eigenvalue weighted by molar-refractivity contribution is 14.1. The van der Waals surface area contributed by atoms with Gasteiger partial charge in [0.25, 0.3) is 0 Å². The van der Waals surface area contributed by atoms with Gasteiger partial charge in [-0.2, -0.15) is 0 Å². The monoisotopic (exact) mass is 337 g/mol. The van der Waals surface area contributed by atoms with Crippen LogP contribution < -0.4 is 5.32 Å². The zero-order chi connectivity index (χ0) is 12.1. The molecule has 16 heavy (non-hydrogen) atoms. The lowest BCUT2D eigenvalue weighted by atomic mass is 10.1. The summed E-state index contributed by atoms with van der Waals surface area (Å²) in [6.07, 6.45) is 0.203. The molecule has 0 spiro atoms. The molecule has 0 saturated heterocycles. The van der Waals surface area contributed by atoms with Crippen LogP contribution in [-0.2, 0) is 4.74 Å². The largest absolute Gasteiger partial charge is 0.377 e. The quantitative estimate of drug-likeness (QED) is 0.834. The average Bonchev–Trinajstić information content (AvgIpc) is 2.21. The van der Waals surface area contributed by atoms with Crippen molar-refractivity contribution in [1.82, 2.24) is 5.32 Å². The van der Waals surface area contributed by atoms with E-state index in [9.17, 15) is 4.39 Å². The van der Waals surface area contributed by atoms with Gasteiger partial charge in [0.2, 0.25) is 0 Å². The van der Waals surface area contributed by atoms with Gasteiger partial charge in [0.1, 0.15) is 5.82 Å². The Bertz CT molecular complexity index is 344. The molecule has 0 bridgehead atoms. The molecule has 1 unspecified atom stereocenters. The SMILES string of the molecule is CNC(COC(C)C)c1ccc(F)cc1I. The van der Waals surface area contributed by atoms with Gasteiger partial charge < -0.3 is 10.1 Å². The van der Waals surface area contributed by atoms with Crippen LogP contribution >= 0.6 is 22.6 Å². The van der Waals surface area contributed by atoms with Crippen molar-refractivity contribution in [2.45, 2.75) is 26.0 Å². The molecular formula is C12H17FINO. The molecule has 0 radical (unpaired) electrons. The number of halogens is 2. The first kappa shape index (κ1) is 13.9. The summed E-state index contributed by atoms with van der Waals surface area (Å²) in [7, 11) is 1.88. The van der Waals surface area contributed by atoms with E-state index < -0.39 is 0 Å². The number of hydrogen-bond acceptors (Lipinski definition) is 2. The molecule has 4 heteroatoms. The topological polar surface area (TPSA) is 21.3 Å². The van der Waals surface area contributed by atoms with Crippen LogP contribution in [0.4, 0.5) is 4.39 Å². The molecule has 0 aliphatic heterocycles. The van der Waals surface area contributed by atoms with Gasteiger partial charge >= 0.3 is 0 Å². The van der Waals surface area contributed by atoms with E-state index in [1.807, 2.05) is 27.0 Å². The van der Waals surface area contributed by atoms with Gasteiger partial charge in [-0.3, -0.25) is 0 Å². The smallest absolute Gasteiger partial charge is 0.124 e. The Hall–Kier alpha value is -0.200. The minimum atomic E-state index is -0.201. The number of rotatable bonds is 5. The summed E-state index contributed by atoms with van der Waals surface area (Å²) in [5, 5.41) is 3.18. The van der Waals surface area contributed by atoms with Crippen LogP contribution in [0.2, 0.25) is 0 Å². The highest BCUT2D eigenvalue weighted by Crippen LogP contribution is 2.21. The second-order valence-electron chi connectivity index (χ2n) is 3.89. The van der Waals surface area contributed by atoms with E-state index >= 15 is 0 Å². The summed E-state index contributed by atoms with van der Waals surface area (Å²) in [5.41, 5.74) is 1.07. The fourth-order valence-electron chi connectivity index (χ4n) is 1.40. The van der Waals surface area contributed by atoms with Crippen LogP contribution in [0.3, 0.4) is 0 Å². The van der Waals surface area contributed by atoms with E-state index in [1.165, 1.54) is 12.1 Å². The summed E-state index contributed by atoms with van der Waals surface area (Å²) in [6, 6.07) is 4.93. The van der Waals surface area contributed by atoms with Crippen LogP contribution in [0, 0.1) is 9.39 Å². The zero-order valence-electron chi connectivity index (χ0n) is 9.76. The molecule has 90 valence electrons. The Morgan fingerprint density at radius 1 is 1.44 bits per heavy atom. The van der Waals surface area contributed by atoms with Crippen molar-refractivity contribution in [3.05, 3.63) is 33.1 Å². The van der Waals surface area contributed by atoms with Crippen molar-refractivity contribution < 1.29 is 9.13 Å². The molecule has 0 fully saturated rings. The standard InChI is InChI=1S/C12H17FINO/c1-8(2)16-7-12(15-3)10-5-4-9(13)6-11(10)14/h4-6,8,12,15H,7H2,1-3H3. The lowest BCUT2D eigenvalue weighted by molar-refractivity contribution is 0.0624. The lowest BCUT2D eigenvalue weighted by Gasteiger charge is -2.19. The Labute approximate surface area is 110 Å². The van der Waals surface area contributed by atoms with Crippen molar-refractivity contribution in [3.8, 4) is 0 Å². The van der Waals surface area contributed by atoms with Gasteiger partial charge in [0.05, 0.1) is 18.8 Å². The molecule has 0 aliphatic carbocycles. The van der Waals surface area contributed by atoms with Gasteiger partial charge in [0.15, 0.2) is 0 Å². The summed E-state index contributed by atoms with van der Waals surface area (Å²) in [6.45, 7) is 4.60. The average molecular weight is 337 g/mol. The third-order valence-corrected chi connectivity index (χ3v) is 3.22. The maximum atomic E-state index is 13.0. The van der Waals surface area contributed by atoms with Gasteiger partial charge in [-0.05, 0) is 61.2 Å². The molecule has 1 rings (SSSR count). The molecule has 0 aromatic heterocycles. The molecule has 1 aromatic rings. The van der Waals surface area contributed by atoms with E-state index in [1.54, 1.807) is 0 Å². The fraction of sp³-hybridized carbons (Fsp3) is 0.500. The van der Waals surface area contributed by atoms with E-state index in [0.717, 1.165) is 9.13 Å². The second-order valence-corrected chi connectivity index (χ2v) is 5.05. The zero-order valence-corrected chi connectivity index (χ0v) is 11.9. The summed E-state index contributed by atoms with van der Waals surface area (Å²) in [4.78, 5) is 0. The van der Waals surface area contributed by atoms with E-state index in [0.29, 0.717) is 6.61 Å². The lowest BCUT2D eigenvalue weighted by Crippen LogP contribution is -2.24. The van der Waals surface area contributed by atoms with Crippen LogP contribution in [0.5, 0.6) is 0 Å². The summed E-state index contributed by atoms with van der Waals surface area (Å²) < 4.78 is 19.5. The molecule has 0 aliphatic rings. The Kier molecular flexibility index (Phi) is 5.64. The van der Waals surface area contributed by atoms with E-state index in [4.69, 9.17) is 4.74 Å². The van der Waals surface area contributed by atoms with Crippen LogP contribution in [-0.4, -0.2) is 19.8 Å². The predicted octanol–water partition coefficient (Wildman–Crippen LogP) is 3.12. The first-order valence-electron chi connectivity index (χ1n) is 5.28. The molecule has 1 aromatic carbocycles. The van der Waals surface area contributed by atoms with Gasteiger partial charge in [0, 0.05) is 3.57 Å². The number of nitrogens with one attached hydrogen (secondary N) is 1. The van der Waals surface area contributed by atoms with Crippen LogP contribution in [0.25, 0.3) is 0 Å². The van der Waals surface area contributed by atoms with Crippen molar-refractivity contribution in [1.29, 1.82) is 0 Å². The molecule has 0 amide bonds. The number of hydrogen-bond donors (Lipinski definition) is 1. The van der Waals surface area contributed by atoms with Crippen LogP contribution in [0.1, 0.15) is 25.5 Å². The van der Waals surface area contributed by atoms with Crippen molar-refractivity contribution in [3.63, 3.8) is 0 Å². The fourth-order valence-corrected chi connectivity index (χ4v) is 2.25. The summed E-state index contributed by atoms with van der Waals surface area (Å²) in [5.74, 6) is -0.201. The van der Waals surface area contributed by atoms with Crippen molar-refractivity contribution in [2.75, 3.05) is 13.7 Å².